The van der Waals surface area contributed by atoms with E-state index in [9.17, 15) is 9.59 Å². The highest BCUT2D eigenvalue weighted by atomic mass is 32.2. The van der Waals surface area contributed by atoms with Crippen molar-refractivity contribution in [3.63, 3.8) is 0 Å². The van der Waals surface area contributed by atoms with Crippen LogP contribution in [0.5, 0.6) is 5.75 Å². The second-order valence-electron chi connectivity index (χ2n) is 8.64. The Morgan fingerprint density at radius 1 is 1.16 bits per heavy atom. The van der Waals surface area contributed by atoms with Gasteiger partial charge in [-0.1, -0.05) is 56.8 Å². The van der Waals surface area contributed by atoms with Crippen molar-refractivity contribution in [1.29, 1.82) is 0 Å². The summed E-state index contributed by atoms with van der Waals surface area (Å²) in [7, 11) is 0. The summed E-state index contributed by atoms with van der Waals surface area (Å²) in [5, 5.41) is 12.1. The highest BCUT2D eigenvalue weighted by molar-refractivity contribution is 7.99. The van der Waals surface area contributed by atoms with Gasteiger partial charge in [0.05, 0.1) is 11.4 Å². The normalized spacial score (nSPS) is 13.3. The fraction of sp³-hybridized carbons (Fsp3) is 0.333. The number of Topliss-reactive ketones (excluding diaryl/α,β-unsaturated/α-hetero) is 1. The van der Waals surface area contributed by atoms with Gasteiger partial charge in [-0.25, -0.2) is 0 Å². The number of aromatic nitrogens is 3. The summed E-state index contributed by atoms with van der Waals surface area (Å²) in [5.74, 6) is 1.29. The molecule has 166 valence electrons. The Labute approximate surface area is 191 Å². The van der Waals surface area contributed by atoms with Gasteiger partial charge < -0.3 is 14.6 Å². The standard InChI is InChI=1S/C24H26N4O3S/c1-5-28-22(15-6-9-17(10-7-15)24(2,3)4)26-27-23(28)32-14-19(29)16-8-11-20-18(12-16)25-21(30)13-31-20/h6-12H,5,13-14H2,1-4H3,(H,25,30). The Morgan fingerprint density at radius 3 is 2.59 bits per heavy atom. The smallest absolute Gasteiger partial charge is 0.262 e. The number of rotatable bonds is 6. The molecule has 4 rings (SSSR count). The second kappa shape index (κ2) is 8.78. The Hall–Kier alpha value is -3.13. The minimum Gasteiger partial charge on any atom is -0.482 e. The first kappa shape index (κ1) is 22.1. The molecule has 7 nitrogen and oxygen atoms in total. The van der Waals surface area contributed by atoms with Crippen LogP contribution in [0.4, 0.5) is 5.69 Å². The zero-order valence-corrected chi connectivity index (χ0v) is 19.5. The molecule has 0 fully saturated rings. The van der Waals surface area contributed by atoms with Gasteiger partial charge in [0.15, 0.2) is 23.4 Å². The molecule has 1 aliphatic rings. The lowest BCUT2D eigenvalue weighted by molar-refractivity contribution is -0.118. The summed E-state index contributed by atoms with van der Waals surface area (Å²) >= 11 is 1.36. The monoisotopic (exact) mass is 450 g/mol. The topological polar surface area (TPSA) is 86.1 Å². The number of benzene rings is 2. The number of hydrogen-bond acceptors (Lipinski definition) is 6. The molecule has 1 amide bonds. The van der Waals surface area contributed by atoms with Crippen LogP contribution in [0.1, 0.15) is 43.6 Å². The molecule has 0 spiro atoms. The third-order valence-corrected chi connectivity index (χ3v) is 6.28. The van der Waals surface area contributed by atoms with E-state index >= 15 is 0 Å². The van der Waals surface area contributed by atoms with Crippen molar-refractivity contribution in [3.8, 4) is 17.1 Å². The van der Waals surface area contributed by atoms with Crippen molar-refractivity contribution < 1.29 is 14.3 Å². The Bertz CT molecular complexity index is 1160. The maximum atomic E-state index is 12.8. The summed E-state index contributed by atoms with van der Waals surface area (Å²) in [6.45, 7) is 9.28. The van der Waals surface area contributed by atoms with Gasteiger partial charge in [-0.15, -0.1) is 10.2 Å². The van der Waals surface area contributed by atoms with Crippen LogP contribution in [0.3, 0.4) is 0 Å². The third-order valence-electron chi connectivity index (χ3n) is 5.31. The van der Waals surface area contributed by atoms with Crippen molar-refractivity contribution in [2.45, 2.75) is 44.8 Å². The van der Waals surface area contributed by atoms with Crippen LogP contribution >= 0.6 is 11.8 Å². The molecule has 1 N–H and O–H groups in total. The first-order valence-corrected chi connectivity index (χ1v) is 11.5. The number of thioether (sulfide) groups is 1. The Balaban J connectivity index is 1.49. The molecule has 1 aromatic heterocycles. The number of amides is 1. The predicted octanol–water partition coefficient (Wildman–Crippen LogP) is 4.57. The lowest BCUT2D eigenvalue weighted by Gasteiger charge is -2.19. The van der Waals surface area contributed by atoms with Crippen LogP contribution in [-0.2, 0) is 16.8 Å². The minimum absolute atomic E-state index is 0.00983. The summed E-state index contributed by atoms with van der Waals surface area (Å²) < 4.78 is 7.37. The molecule has 32 heavy (non-hydrogen) atoms. The summed E-state index contributed by atoms with van der Waals surface area (Å²) in [5.41, 5.74) is 3.38. The average molecular weight is 451 g/mol. The van der Waals surface area contributed by atoms with Gasteiger partial charge in [0.2, 0.25) is 0 Å². The molecule has 0 radical (unpaired) electrons. The SMILES string of the molecule is CCn1c(SCC(=O)c2ccc3c(c2)NC(=O)CO3)nnc1-c1ccc(C(C)(C)C)cc1. The van der Waals surface area contributed by atoms with E-state index in [4.69, 9.17) is 4.74 Å². The van der Waals surface area contributed by atoms with Crippen LogP contribution in [-0.4, -0.2) is 38.8 Å². The average Bonchev–Trinajstić information content (AvgIpc) is 3.19. The van der Waals surface area contributed by atoms with Crippen LogP contribution < -0.4 is 10.1 Å². The van der Waals surface area contributed by atoms with E-state index in [1.807, 2.05) is 11.5 Å². The lowest BCUT2D eigenvalue weighted by atomic mass is 9.87. The Morgan fingerprint density at radius 2 is 1.91 bits per heavy atom. The van der Waals surface area contributed by atoms with E-state index in [-0.39, 0.29) is 29.5 Å². The van der Waals surface area contributed by atoms with Crippen molar-refractivity contribution in [1.82, 2.24) is 14.8 Å². The van der Waals surface area contributed by atoms with Gasteiger partial charge in [0.25, 0.3) is 5.91 Å². The molecular weight excluding hydrogens is 424 g/mol. The summed E-state index contributed by atoms with van der Waals surface area (Å²) in [6.07, 6.45) is 0. The number of hydrogen-bond donors (Lipinski definition) is 1. The van der Waals surface area contributed by atoms with Gasteiger partial charge in [0.1, 0.15) is 5.75 Å². The maximum Gasteiger partial charge on any atom is 0.262 e. The molecule has 0 aliphatic carbocycles. The number of carbonyl (C=O) groups is 2. The van der Waals surface area contributed by atoms with Gasteiger partial charge >= 0.3 is 0 Å². The van der Waals surface area contributed by atoms with Crippen LogP contribution in [0.2, 0.25) is 0 Å². The predicted molar refractivity (Wildman–Crippen MR) is 125 cm³/mol. The fourth-order valence-electron chi connectivity index (χ4n) is 3.48. The molecule has 0 unspecified atom stereocenters. The lowest BCUT2D eigenvalue weighted by Crippen LogP contribution is -2.25. The van der Waals surface area contributed by atoms with E-state index in [1.165, 1.54) is 17.3 Å². The van der Waals surface area contributed by atoms with E-state index < -0.39 is 0 Å². The zero-order chi connectivity index (χ0) is 22.9. The molecule has 0 saturated carbocycles. The number of ether oxygens (including phenoxy) is 1. The maximum absolute atomic E-state index is 12.8. The van der Waals surface area contributed by atoms with Crippen molar-refractivity contribution in [2.75, 3.05) is 17.7 Å². The number of carbonyl (C=O) groups excluding carboxylic acids is 2. The minimum atomic E-state index is -0.226. The zero-order valence-electron chi connectivity index (χ0n) is 18.6. The molecular formula is C24H26N4O3S. The van der Waals surface area contributed by atoms with Crippen LogP contribution in [0.25, 0.3) is 11.4 Å². The number of ketones is 1. The summed E-state index contributed by atoms with van der Waals surface area (Å²) in [6, 6.07) is 13.5. The van der Waals surface area contributed by atoms with Crippen molar-refractivity contribution in [3.05, 3.63) is 53.6 Å². The number of fused-ring (bicyclic) bond motifs is 1. The quantitative estimate of drug-likeness (QED) is 0.437. The first-order chi connectivity index (χ1) is 15.3. The largest absolute Gasteiger partial charge is 0.482 e. The number of anilines is 1. The van der Waals surface area contributed by atoms with E-state index in [0.717, 1.165) is 11.4 Å². The molecule has 8 heteroatoms. The molecule has 3 aromatic rings. The highest BCUT2D eigenvalue weighted by Gasteiger charge is 2.20. The number of nitrogens with one attached hydrogen (secondary N) is 1. The number of nitrogens with zero attached hydrogens (tertiary/aromatic N) is 3. The Kier molecular flexibility index (Phi) is 6.06. The van der Waals surface area contributed by atoms with Crippen LogP contribution in [0.15, 0.2) is 47.6 Å². The van der Waals surface area contributed by atoms with E-state index in [1.54, 1.807) is 18.2 Å². The molecule has 1 aliphatic heterocycles. The van der Waals surface area contributed by atoms with Gasteiger partial charge in [-0.05, 0) is 36.1 Å². The van der Waals surface area contributed by atoms with E-state index in [0.29, 0.717) is 28.7 Å². The molecule has 0 saturated heterocycles. The summed E-state index contributed by atoms with van der Waals surface area (Å²) in [4.78, 5) is 24.3. The van der Waals surface area contributed by atoms with Gasteiger partial charge in [-0.3, -0.25) is 9.59 Å². The van der Waals surface area contributed by atoms with E-state index in [2.05, 4.69) is 60.6 Å². The second-order valence-corrected chi connectivity index (χ2v) is 9.58. The first-order valence-electron chi connectivity index (χ1n) is 10.5. The van der Waals surface area contributed by atoms with Crippen molar-refractivity contribution in [2.24, 2.45) is 0 Å². The van der Waals surface area contributed by atoms with Crippen molar-refractivity contribution >= 4 is 29.1 Å². The fourth-order valence-corrected chi connectivity index (χ4v) is 4.38. The molecule has 0 bridgehead atoms. The molecule has 2 aromatic carbocycles. The highest BCUT2D eigenvalue weighted by Crippen LogP contribution is 2.30. The van der Waals surface area contributed by atoms with Crippen LogP contribution in [0, 0.1) is 0 Å². The van der Waals surface area contributed by atoms with Gasteiger partial charge in [0, 0.05) is 17.7 Å². The molecule has 0 atom stereocenters. The van der Waals surface area contributed by atoms with Gasteiger partial charge in [-0.2, -0.15) is 0 Å². The third kappa shape index (κ3) is 4.55. The molecule has 2 heterocycles.